The van der Waals surface area contributed by atoms with Crippen molar-refractivity contribution in [3.05, 3.63) is 16.1 Å². The summed E-state index contributed by atoms with van der Waals surface area (Å²) in [5, 5.41) is 2.10. The molecular formula is C10H15F3N2S. The van der Waals surface area contributed by atoms with Gasteiger partial charge >= 0.3 is 6.18 Å². The van der Waals surface area contributed by atoms with Crippen molar-refractivity contribution in [3.63, 3.8) is 0 Å². The smallest absolute Gasteiger partial charge is 0.313 e. The van der Waals surface area contributed by atoms with Gasteiger partial charge in [0.05, 0.1) is 10.7 Å². The van der Waals surface area contributed by atoms with Gasteiger partial charge in [-0.1, -0.05) is 13.8 Å². The Bertz CT molecular complexity index is 357. The third-order valence-electron chi connectivity index (χ3n) is 2.68. The second-order valence-electron chi connectivity index (χ2n) is 4.08. The van der Waals surface area contributed by atoms with Gasteiger partial charge in [-0.2, -0.15) is 13.2 Å². The monoisotopic (exact) mass is 252 g/mol. The Morgan fingerprint density at radius 2 is 2.06 bits per heavy atom. The zero-order valence-electron chi connectivity index (χ0n) is 9.43. The van der Waals surface area contributed by atoms with Crippen molar-refractivity contribution in [3.8, 4) is 0 Å². The van der Waals surface area contributed by atoms with E-state index in [0.29, 0.717) is 5.01 Å². The molecule has 0 radical (unpaired) electrons. The predicted octanol–water partition coefficient (Wildman–Crippen LogP) is 3.39. The number of hydrogen-bond acceptors (Lipinski definition) is 3. The van der Waals surface area contributed by atoms with Crippen LogP contribution in [0.25, 0.3) is 0 Å². The van der Waals surface area contributed by atoms with Crippen molar-refractivity contribution in [1.29, 1.82) is 0 Å². The summed E-state index contributed by atoms with van der Waals surface area (Å²) in [6.07, 6.45) is -3.63. The van der Waals surface area contributed by atoms with Crippen LogP contribution in [0.3, 0.4) is 0 Å². The standard InChI is InChI=1S/C10H15F3N2S/c1-4-6(2)8-15-7(5-16-8)9(3,14)10(11,12)13/h5-6H,4,14H2,1-3H3. The topological polar surface area (TPSA) is 38.9 Å². The molecule has 2 nitrogen and oxygen atoms in total. The third-order valence-corrected chi connectivity index (χ3v) is 3.75. The Labute approximate surface area is 96.7 Å². The maximum Gasteiger partial charge on any atom is 0.411 e. The highest BCUT2D eigenvalue weighted by atomic mass is 32.1. The van der Waals surface area contributed by atoms with Crippen LogP contribution in [0.5, 0.6) is 0 Å². The minimum absolute atomic E-state index is 0.0969. The van der Waals surface area contributed by atoms with Crippen LogP contribution >= 0.6 is 11.3 Å². The lowest BCUT2D eigenvalue weighted by atomic mass is 10.00. The minimum Gasteiger partial charge on any atom is -0.313 e. The summed E-state index contributed by atoms with van der Waals surface area (Å²) in [5.41, 5.74) is 2.83. The molecule has 92 valence electrons. The van der Waals surface area contributed by atoms with E-state index in [9.17, 15) is 13.2 Å². The molecule has 2 N–H and O–H groups in total. The molecule has 0 saturated carbocycles. The Balaban J connectivity index is 3.02. The molecule has 0 saturated heterocycles. The zero-order valence-corrected chi connectivity index (χ0v) is 10.2. The number of aromatic nitrogens is 1. The van der Waals surface area contributed by atoms with Crippen molar-refractivity contribution >= 4 is 11.3 Å². The molecule has 0 spiro atoms. The molecule has 0 aliphatic heterocycles. The lowest BCUT2D eigenvalue weighted by molar-refractivity contribution is -0.185. The molecular weight excluding hydrogens is 237 g/mol. The molecule has 1 heterocycles. The van der Waals surface area contributed by atoms with Gasteiger partial charge < -0.3 is 5.73 Å². The predicted molar refractivity (Wildman–Crippen MR) is 58.4 cm³/mol. The molecule has 1 rings (SSSR count). The second kappa shape index (κ2) is 4.33. The lowest BCUT2D eigenvalue weighted by Crippen LogP contribution is -2.48. The highest BCUT2D eigenvalue weighted by Gasteiger charge is 2.51. The van der Waals surface area contributed by atoms with Crippen molar-refractivity contribution in [1.82, 2.24) is 4.98 Å². The Morgan fingerprint density at radius 1 is 1.50 bits per heavy atom. The van der Waals surface area contributed by atoms with Crippen LogP contribution in [0.1, 0.15) is 43.8 Å². The number of nitrogens with two attached hydrogens (primary N) is 1. The van der Waals surface area contributed by atoms with E-state index in [-0.39, 0.29) is 11.6 Å². The van der Waals surface area contributed by atoms with Crippen LogP contribution in [0.4, 0.5) is 13.2 Å². The van der Waals surface area contributed by atoms with Gasteiger partial charge in [-0.3, -0.25) is 0 Å². The van der Waals surface area contributed by atoms with Crippen molar-refractivity contribution < 1.29 is 13.2 Å². The summed E-state index contributed by atoms with van der Waals surface area (Å²) in [4.78, 5) is 3.99. The van der Waals surface area contributed by atoms with E-state index in [1.165, 1.54) is 16.7 Å². The fourth-order valence-corrected chi connectivity index (χ4v) is 2.15. The van der Waals surface area contributed by atoms with Gasteiger partial charge in [0.1, 0.15) is 0 Å². The molecule has 0 aliphatic rings. The number of thiazole rings is 1. The molecule has 0 amide bonds. The molecule has 0 aliphatic carbocycles. The first-order chi connectivity index (χ1) is 7.20. The van der Waals surface area contributed by atoms with E-state index in [0.717, 1.165) is 13.3 Å². The summed E-state index contributed by atoms with van der Waals surface area (Å²) in [6.45, 7) is 4.85. The van der Waals surface area contributed by atoms with Gasteiger partial charge in [0.25, 0.3) is 0 Å². The summed E-state index contributed by atoms with van der Waals surface area (Å²) in [5.74, 6) is 0.169. The highest BCUT2D eigenvalue weighted by Crippen LogP contribution is 2.37. The van der Waals surface area contributed by atoms with Gasteiger partial charge in [0.2, 0.25) is 0 Å². The van der Waals surface area contributed by atoms with E-state index in [4.69, 9.17) is 5.73 Å². The Kier molecular flexibility index (Phi) is 3.64. The van der Waals surface area contributed by atoms with Crippen molar-refractivity contribution in [2.24, 2.45) is 5.73 Å². The largest absolute Gasteiger partial charge is 0.411 e. The summed E-state index contributed by atoms with van der Waals surface area (Å²) in [6, 6.07) is 0. The number of nitrogens with zero attached hydrogens (tertiary/aromatic N) is 1. The average Bonchev–Trinajstić information content (AvgIpc) is 2.64. The SMILES string of the molecule is CCC(C)c1nc(C(C)(N)C(F)(F)F)cs1. The van der Waals surface area contributed by atoms with Crippen LogP contribution in [0.2, 0.25) is 0 Å². The molecule has 0 bridgehead atoms. The van der Waals surface area contributed by atoms with E-state index in [1.54, 1.807) is 0 Å². The average molecular weight is 252 g/mol. The van der Waals surface area contributed by atoms with Crippen LogP contribution in [-0.2, 0) is 5.54 Å². The van der Waals surface area contributed by atoms with Crippen LogP contribution in [0.15, 0.2) is 5.38 Å². The van der Waals surface area contributed by atoms with Gasteiger partial charge in [0.15, 0.2) is 5.54 Å². The molecule has 2 atom stereocenters. The summed E-state index contributed by atoms with van der Waals surface area (Å²) >= 11 is 1.23. The third kappa shape index (κ3) is 2.38. The number of alkyl halides is 3. The van der Waals surface area contributed by atoms with E-state index < -0.39 is 11.7 Å². The Morgan fingerprint density at radius 3 is 2.50 bits per heavy atom. The summed E-state index contributed by atoms with van der Waals surface area (Å²) in [7, 11) is 0. The van der Waals surface area contributed by atoms with Crippen LogP contribution in [0, 0.1) is 0 Å². The second-order valence-corrected chi connectivity index (χ2v) is 4.97. The highest BCUT2D eigenvalue weighted by molar-refractivity contribution is 7.09. The minimum atomic E-state index is -4.48. The molecule has 16 heavy (non-hydrogen) atoms. The normalized spacial score (nSPS) is 18.2. The first-order valence-corrected chi connectivity index (χ1v) is 5.89. The van der Waals surface area contributed by atoms with Crippen molar-refractivity contribution in [2.45, 2.75) is 44.8 Å². The molecule has 1 aromatic rings. The van der Waals surface area contributed by atoms with Crippen LogP contribution < -0.4 is 5.73 Å². The number of halogens is 3. The maximum absolute atomic E-state index is 12.7. The van der Waals surface area contributed by atoms with Gasteiger partial charge in [-0.15, -0.1) is 11.3 Å². The fraction of sp³-hybridized carbons (Fsp3) is 0.700. The molecule has 2 unspecified atom stereocenters. The fourth-order valence-electron chi connectivity index (χ4n) is 1.07. The number of hydrogen-bond donors (Lipinski definition) is 1. The van der Waals surface area contributed by atoms with E-state index in [2.05, 4.69) is 4.98 Å². The van der Waals surface area contributed by atoms with Crippen molar-refractivity contribution in [2.75, 3.05) is 0 Å². The van der Waals surface area contributed by atoms with Gasteiger partial charge in [-0.05, 0) is 13.3 Å². The Hall–Kier alpha value is -0.620. The van der Waals surface area contributed by atoms with E-state index in [1.807, 2.05) is 13.8 Å². The number of rotatable bonds is 3. The molecule has 1 aromatic heterocycles. The van der Waals surface area contributed by atoms with Crippen LogP contribution in [-0.4, -0.2) is 11.2 Å². The first-order valence-electron chi connectivity index (χ1n) is 5.01. The summed E-state index contributed by atoms with van der Waals surface area (Å²) < 4.78 is 38.0. The quantitative estimate of drug-likeness (QED) is 0.895. The van der Waals surface area contributed by atoms with Gasteiger partial charge in [-0.25, -0.2) is 4.98 Å². The zero-order chi connectivity index (χ0) is 12.6. The lowest BCUT2D eigenvalue weighted by Gasteiger charge is -2.25. The molecule has 0 aromatic carbocycles. The molecule has 6 heteroatoms. The van der Waals surface area contributed by atoms with Gasteiger partial charge in [0, 0.05) is 11.3 Å². The first kappa shape index (κ1) is 13.4. The molecule has 0 fully saturated rings. The maximum atomic E-state index is 12.7. The van der Waals surface area contributed by atoms with E-state index >= 15 is 0 Å².